The number of ether oxygens (including phenoxy) is 1. The van der Waals surface area contributed by atoms with Crippen LogP contribution in [-0.2, 0) is 22.6 Å². The van der Waals surface area contributed by atoms with Gasteiger partial charge in [0.25, 0.3) is 0 Å². The summed E-state index contributed by atoms with van der Waals surface area (Å²) in [4.78, 5) is 17.4. The second-order valence-corrected chi connectivity index (χ2v) is 7.86. The maximum Gasteiger partial charge on any atom is 0.234 e. The quantitative estimate of drug-likeness (QED) is 0.709. The summed E-state index contributed by atoms with van der Waals surface area (Å²) in [7, 11) is 0. The Labute approximate surface area is 174 Å². The van der Waals surface area contributed by atoms with Gasteiger partial charge in [0, 0.05) is 38.8 Å². The van der Waals surface area contributed by atoms with Gasteiger partial charge in [-0.25, -0.2) is 0 Å². The van der Waals surface area contributed by atoms with Crippen LogP contribution in [-0.4, -0.2) is 61.1 Å². The van der Waals surface area contributed by atoms with Gasteiger partial charge in [0.2, 0.25) is 5.91 Å². The maximum atomic E-state index is 12.7. The molecule has 1 saturated heterocycles. The van der Waals surface area contributed by atoms with E-state index in [1.54, 1.807) is 0 Å². The molecular formula is C24H33N3O2. The van der Waals surface area contributed by atoms with Crippen molar-refractivity contribution in [2.24, 2.45) is 0 Å². The van der Waals surface area contributed by atoms with Gasteiger partial charge in [-0.2, -0.15) is 0 Å². The van der Waals surface area contributed by atoms with E-state index in [0.717, 1.165) is 45.0 Å². The molecule has 5 heteroatoms. The number of nitrogens with one attached hydrogen (secondary N) is 1. The predicted octanol–water partition coefficient (Wildman–Crippen LogP) is 2.83. The van der Waals surface area contributed by atoms with Crippen molar-refractivity contribution < 1.29 is 9.53 Å². The van der Waals surface area contributed by atoms with Crippen molar-refractivity contribution in [3.8, 4) is 0 Å². The van der Waals surface area contributed by atoms with Gasteiger partial charge in [0.1, 0.15) is 0 Å². The fourth-order valence-corrected chi connectivity index (χ4v) is 3.70. The highest BCUT2D eigenvalue weighted by atomic mass is 16.5. The minimum atomic E-state index is 0.0676. The smallest absolute Gasteiger partial charge is 0.234 e. The first kappa shape index (κ1) is 21.5. The normalized spacial score (nSPS) is 16.0. The molecule has 1 atom stereocenters. The molecule has 1 N–H and O–H groups in total. The SMILES string of the molecule is Cc1ccccc1CNC(=O)CN(Cc1ccccc1)C(C)CN1CCOCC1. The van der Waals surface area contributed by atoms with Crippen LogP contribution in [0.4, 0.5) is 0 Å². The molecule has 1 unspecified atom stereocenters. The van der Waals surface area contributed by atoms with Crippen LogP contribution in [0, 0.1) is 6.92 Å². The number of rotatable bonds is 9. The molecule has 0 saturated carbocycles. The van der Waals surface area contributed by atoms with E-state index in [1.807, 2.05) is 18.2 Å². The number of hydrogen-bond acceptors (Lipinski definition) is 4. The topological polar surface area (TPSA) is 44.8 Å². The minimum absolute atomic E-state index is 0.0676. The van der Waals surface area contributed by atoms with Crippen LogP contribution in [0.5, 0.6) is 0 Å². The second-order valence-electron chi connectivity index (χ2n) is 7.86. The van der Waals surface area contributed by atoms with Crippen molar-refractivity contribution in [2.75, 3.05) is 39.4 Å². The van der Waals surface area contributed by atoms with Crippen LogP contribution in [0.3, 0.4) is 0 Å². The van der Waals surface area contributed by atoms with Crippen molar-refractivity contribution in [1.29, 1.82) is 0 Å². The number of morpholine rings is 1. The molecule has 0 aliphatic carbocycles. The van der Waals surface area contributed by atoms with Gasteiger partial charge in [0.05, 0.1) is 19.8 Å². The lowest BCUT2D eigenvalue weighted by Gasteiger charge is -2.34. The lowest BCUT2D eigenvalue weighted by molar-refractivity contribution is -0.123. The third kappa shape index (κ3) is 6.96. The summed E-state index contributed by atoms with van der Waals surface area (Å²) in [5.74, 6) is 0.0676. The van der Waals surface area contributed by atoms with Gasteiger partial charge >= 0.3 is 0 Å². The highest BCUT2D eigenvalue weighted by molar-refractivity contribution is 5.78. The van der Waals surface area contributed by atoms with Crippen molar-refractivity contribution in [1.82, 2.24) is 15.1 Å². The molecule has 0 bridgehead atoms. The summed E-state index contributed by atoms with van der Waals surface area (Å²) in [6.45, 7) is 10.5. The van der Waals surface area contributed by atoms with Crippen molar-refractivity contribution in [2.45, 2.75) is 33.0 Å². The number of carbonyl (C=O) groups excluding carboxylic acids is 1. The zero-order valence-corrected chi connectivity index (χ0v) is 17.6. The van der Waals surface area contributed by atoms with Crippen molar-refractivity contribution >= 4 is 5.91 Å². The van der Waals surface area contributed by atoms with Crippen LogP contribution in [0.2, 0.25) is 0 Å². The number of hydrogen-bond donors (Lipinski definition) is 1. The summed E-state index contributed by atoms with van der Waals surface area (Å²) < 4.78 is 5.47. The lowest BCUT2D eigenvalue weighted by atomic mass is 10.1. The molecule has 1 fully saturated rings. The van der Waals surface area contributed by atoms with E-state index in [2.05, 4.69) is 65.4 Å². The number of nitrogens with zero attached hydrogens (tertiary/aromatic N) is 2. The Morgan fingerprint density at radius 2 is 1.79 bits per heavy atom. The van der Waals surface area contributed by atoms with Crippen LogP contribution >= 0.6 is 0 Å². The summed E-state index contributed by atoms with van der Waals surface area (Å²) in [5, 5.41) is 3.10. The van der Waals surface area contributed by atoms with E-state index in [0.29, 0.717) is 13.1 Å². The third-order valence-electron chi connectivity index (χ3n) is 5.56. The minimum Gasteiger partial charge on any atom is -0.379 e. The molecular weight excluding hydrogens is 362 g/mol. The monoisotopic (exact) mass is 395 g/mol. The summed E-state index contributed by atoms with van der Waals surface area (Å²) in [5.41, 5.74) is 3.60. The molecule has 29 heavy (non-hydrogen) atoms. The average molecular weight is 396 g/mol. The molecule has 2 aromatic carbocycles. The molecule has 1 heterocycles. The molecule has 1 amide bonds. The Hall–Kier alpha value is -2.21. The maximum absolute atomic E-state index is 12.7. The first-order valence-corrected chi connectivity index (χ1v) is 10.5. The Kier molecular flexibility index (Phi) is 8.23. The molecule has 1 aliphatic rings. The summed E-state index contributed by atoms with van der Waals surface area (Å²) in [6, 6.07) is 18.8. The largest absolute Gasteiger partial charge is 0.379 e. The molecule has 0 spiro atoms. The Morgan fingerprint density at radius 3 is 2.52 bits per heavy atom. The first-order chi connectivity index (χ1) is 14.1. The average Bonchev–Trinajstić information content (AvgIpc) is 2.74. The standard InChI is InChI=1S/C24H33N3O2/c1-20-8-6-7-11-23(20)16-25-24(28)19-27(18-22-9-4-3-5-10-22)21(2)17-26-12-14-29-15-13-26/h3-11,21H,12-19H2,1-2H3,(H,25,28). The van der Waals surface area contributed by atoms with E-state index in [-0.39, 0.29) is 11.9 Å². The zero-order valence-electron chi connectivity index (χ0n) is 17.6. The number of aryl methyl sites for hydroxylation is 1. The van der Waals surface area contributed by atoms with Gasteiger partial charge in [-0.1, -0.05) is 54.6 Å². The van der Waals surface area contributed by atoms with Gasteiger partial charge in [-0.05, 0) is 30.5 Å². The number of amides is 1. The summed E-state index contributed by atoms with van der Waals surface area (Å²) >= 11 is 0. The molecule has 0 radical (unpaired) electrons. The lowest BCUT2D eigenvalue weighted by Crippen LogP contribution is -2.48. The van der Waals surface area contributed by atoms with Crippen LogP contribution in [0.1, 0.15) is 23.6 Å². The van der Waals surface area contributed by atoms with E-state index >= 15 is 0 Å². The van der Waals surface area contributed by atoms with Gasteiger partial charge in [0.15, 0.2) is 0 Å². The van der Waals surface area contributed by atoms with Crippen molar-refractivity contribution in [3.63, 3.8) is 0 Å². The van der Waals surface area contributed by atoms with Gasteiger partial charge < -0.3 is 10.1 Å². The first-order valence-electron chi connectivity index (χ1n) is 10.5. The second kappa shape index (κ2) is 11.1. The van der Waals surface area contributed by atoms with E-state index in [4.69, 9.17) is 4.74 Å². The van der Waals surface area contributed by atoms with Gasteiger partial charge in [-0.15, -0.1) is 0 Å². The summed E-state index contributed by atoms with van der Waals surface area (Å²) in [6.07, 6.45) is 0. The fourth-order valence-electron chi connectivity index (χ4n) is 3.70. The van der Waals surface area contributed by atoms with E-state index < -0.39 is 0 Å². The van der Waals surface area contributed by atoms with Crippen LogP contribution in [0.15, 0.2) is 54.6 Å². The number of benzene rings is 2. The molecule has 5 nitrogen and oxygen atoms in total. The highest BCUT2D eigenvalue weighted by Gasteiger charge is 2.21. The molecule has 2 aromatic rings. The van der Waals surface area contributed by atoms with E-state index in [1.165, 1.54) is 11.1 Å². The van der Waals surface area contributed by atoms with Gasteiger partial charge in [-0.3, -0.25) is 14.6 Å². The fraction of sp³-hybridized carbons (Fsp3) is 0.458. The zero-order chi connectivity index (χ0) is 20.5. The molecule has 3 rings (SSSR count). The molecule has 156 valence electrons. The molecule has 1 aliphatic heterocycles. The Balaban J connectivity index is 1.60. The third-order valence-corrected chi connectivity index (χ3v) is 5.56. The highest BCUT2D eigenvalue weighted by Crippen LogP contribution is 2.11. The Bertz CT molecular complexity index is 760. The van der Waals surface area contributed by atoms with Crippen LogP contribution in [0.25, 0.3) is 0 Å². The van der Waals surface area contributed by atoms with E-state index in [9.17, 15) is 4.79 Å². The Morgan fingerprint density at radius 1 is 1.10 bits per heavy atom. The van der Waals surface area contributed by atoms with Crippen molar-refractivity contribution in [3.05, 3.63) is 71.3 Å². The predicted molar refractivity (Wildman–Crippen MR) is 117 cm³/mol. The number of carbonyl (C=O) groups is 1. The van der Waals surface area contributed by atoms with Crippen LogP contribution < -0.4 is 5.32 Å². The molecule has 0 aromatic heterocycles.